The maximum Gasteiger partial charge on any atom is 0.279 e. The highest BCUT2D eigenvalue weighted by Gasteiger charge is 2.52. The summed E-state index contributed by atoms with van der Waals surface area (Å²) in [7, 11) is 0. The summed E-state index contributed by atoms with van der Waals surface area (Å²) >= 11 is 6.76. The molecule has 2 fully saturated rings. The van der Waals surface area contributed by atoms with E-state index in [0.29, 0.717) is 66.2 Å². The topological polar surface area (TPSA) is 140 Å². The summed E-state index contributed by atoms with van der Waals surface area (Å²) in [5.41, 5.74) is 13.8. The molecule has 0 atom stereocenters. The fourth-order valence-corrected chi connectivity index (χ4v) is 7.03. The van der Waals surface area contributed by atoms with Crippen LogP contribution in [0.2, 0.25) is 5.02 Å². The average molecular weight is 684 g/mol. The van der Waals surface area contributed by atoms with Gasteiger partial charge in [0.25, 0.3) is 5.91 Å². The van der Waals surface area contributed by atoms with Gasteiger partial charge in [-0.05, 0) is 90.8 Å². The van der Waals surface area contributed by atoms with Gasteiger partial charge in [0.1, 0.15) is 29.6 Å². The monoisotopic (exact) mass is 683 g/mol. The van der Waals surface area contributed by atoms with Crippen LogP contribution in [-0.4, -0.2) is 41.3 Å². The van der Waals surface area contributed by atoms with Gasteiger partial charge in [0.05, 0.1) is 30.6 Å². The first-order valence-electron chi connectivity index (χ1n) is 17.1. The molecule has 0 radical (unpaired) electrons. The van der Waals surface area contributed by atoms with Crippen molar-refractivity contribution in [2.45, 2.75) is 71.2 Å². The number of hydrazone groups is 1. The van der Waals surface area contributed by atoms with Crippen LogP contribution in [0.25, 0.3) is 5.70 Å². The number of benzene rings is 3. The van der Waals surface area contributed by atoms with Crippen molar-refractivity contribution in [3.63, 3.8) is 0 Å². The molecule has 0 bridgehead atoms. The maximum atomic E-state index is 14.6. The Balaban J connectivity index is 1.22. The third-order valence-electron chi connectivity index (χ3n) is 9.63. The van der Waals surface area contributed by atoms with E-state index in [1.54, 1.807) is 0 Å². The number of carbonyl (C=O) groups is 1. The number of hydrogen-bond acceptors (Lipinski definition) is 8. The number of nitrogens with zero attached hydrogens (tertiary/aromatic N) is 3. The van der Waals surface area contributed by atoms with Gasteiger partial charge >= 0.3 is 0 Å². The van der Waals surface area contributed by atoms with E-state index in [9.17, 15) is 4.79 Å². The fraction of sp³-hybridized carbons (Fsp3) is 0.395. The van der Waals surface area contributed by atoms with Crippen LogP contribution in [0, 0.1) is 11.8 Å². The Kier molecular flexibility index (Phi) is 11.0. The van der Waals surface area contributed by atoms with Crippen molar-refractivity contribution in [2.24, 2.45) is 33.5 Å². The molecule has 1 aliphatic heterocycles. The summed E-state index contributed by atoms with van der Waals surface area (Å²) in [6.07, 6.45) is 5.64. The normalized spacial score (nSPS) is 20.6. The zero-order valence-corrected chi connectivity index (χ0v) is 29.0. The predicted octanol–water partition coefficient (Wildman–Crippen LogP) is 6.10. The van der Waals surface area contributed by atoms with E-state index in [2.05, 4.69) is 54.1 Å². The van der Waals surface area contributed by atoms with Crippen LogP contribution in [0.5, 0.6) is 5.75 Å². The molecule has 0 aromatic heterocycles. The minimum Gasteiger partial charge on any atom is -0.487 e. The Morgan fingerprint density at radius 1 is 1.04 bits per heavy atom. The molecule has 1 heterocycles. The molecule has 1 amide bonds. The highest BCUT2D eigenvalue weighted by molar-refractivity contribution is 6.48. The zero-order valence-electron chi connectivity index (χ0n) is 28.3. The van der Waals surface area contributed by atoms with Crippen LogP contribution in [0.4, 0.5) is 0 Å². The Bertz CT molecular complexity index is 1710. The lowest BCUT2D eigenvalue weighted by Gasteiger charge is -2.43. The molecule has 1 spiro atoms. The fourth-order valence-electron chi connectivity index (χ4n) is 6.80. The second kappa shape index (κ2) is 15.6. The molecule has 6 N–H and O–H groups in total. The summed E-state index contributed by atoms with van der Waals surface area (Å²) < 4.78 is 11.8. The molecule has 3 aliphatic rings. The molecule has 49 heavy (non-hydrogen) atoms. The number of carbonyl (C=O) groups excluding carboxylic acids is 1. The smallest absolute Gasteiger partial charge is 0.279 e. The first kappa shape index (κ1) is 34.6. The van der Waals surface area contributed by atoms with Gasteiger partial charge in [-0.15, -0.1) is 0 Å². The SMILES string of the molecule is CC(C)C1CCC2(CC1)N=C(c1ccc(OCc3ccccc3)c(Cl)c1)C(=O)N2C(=C1CC1)c1ccc(COCNC/C(N)=N/NN)cc1. The Morgan fingerprint density at radius 2 is 1.76 bits per heavy atom. The van der Waals surface area contributed by atoms with E-state index in [4.69, 9.17) is 37.6 Å². The third-order valence-corrected chi connectivity index (χ3v) is 9.93. The lowest BCUT2D eigenvalue weighted by Crippen LogP contribution is -2.48. The second-order valence-electron chi connectivity index (χ2n) is 13.4. The molecule has 3 aromatic rings. The number of nitrogens with one attached hydrogen (secondary N) is 2. The van der Waals surface area contributed by atoms with E-state index >= 15 is 0 Å². The molecule has 258 valence electrons. The number of allylic oxidation sites excluding steroid dienone is 1. The third kappa shape index (κ3) is 8.16. The Hall–Kier alpha value is -4.22. The number of halogens is 1. The van der Waals surface area contributed by atoms with Crippen molar-refractivity contribution < 1.29 is 14.3 Å². The standard InChI is InChI=1S/C38H46ClN7O3/c1-25(2)28-16-18-38(19-17-28)43-35(31-14-15-33(32(39)20-31)49-23-26-6-4-3-5-7-26)37(47)46(38)36(30-12-13-30)29-10-8-27(9-11-29)22-48-24-42-21-34(40)44-45-41/h3-11,14-15,20,25,28,42,45H,12-13,16-19,21-24,41H2,1-2H3,(H2,40,44). The molecule has 11 heteroatoms. The van der Waals surface area contributed by atoms with Crippen molar-refractivity contribution in [1.29, 1.82) is 0 Å². The molecule has 0 unspecified atom stereocenters. The summed E-state index contributed by atoms with van der Waals surface area (Å²) in [6.45, 7) is 6.08. The van der Waals surface area contributed by atoms with E-state index in [1.165, 1.54) is 5.57 Å². The number of rotatable bonds is 14. The van der Waals surface area contributed by atoms with Crippen LogP contribution in [0.1, 0.15) is 74.6 Å². The molecule has 3 aromatic carbocycles. The highest BCUT2D eigenvalue weighted by Crippen LogP contribution is 2.50. The number of nitrogens with two attached hydrogens (primary N) is 2. The van der Waals surface area contributed by atoms with Crippen LogP contribution >= 0.6 is 11.6 Å². The number of hydrogen-bond donors (Lipinski definition) is 4. The van der Waals surface area contributed by atoms with Gasteiger partial charge in [0.2, 0.25) is 0 Å². The van der Waals surface area contributed by atoms with Gasteiger partial charge in [0, 0.05) is 5.56 Å². The van der Waals surface area contributed by atoms with Gasteiger partial charge in [-0.3, -0.25) is 20.0 Å². The highest BCUT2D eigenvalue weighted by atomic mass is 35.5. The molecule has 10 nitrogen and oxygen atoms in total. The minimum absolute atomic E-state index is 0.0717. The van der Waals surface area contributed by atoms with E-state index < -0.39 is 5.66 Å². The lowest BCUT2D eigenvalue weighted by molar-refractivity contribution is -0.124. The number of ether oxygens (including phenoxy) is 2. The Labute approximate surface area is 293 Å². The summed E-state index contributed by atoms with van der Waals surface area (Å²) in [5.74, 6) is 7.19. The van der Waals surface area contributed by atoms with E-state index in [-0.39, 0.29) is 5.91 Å². The largest absolute Gasteiger partial charge is 0.487 e. The molecular formula is C38H46ClN7O3. The second-order valence-corrected chi connectivity index (χ2v) is 13.8. The quantitative estimate of drug-likeness (QED) is 0.0402. The van der Waals surface area contributed by atoms with Crippen LogP contribution in [0.3, 0.4) is 0 Å². The summed E-state index contributed by atoms with van der Waals surface area (Å²) in [5, 5.41) is 7.22. The van der Waals surface area contributed by atoms with Gasteiger partial charge in [-0.2, -0.15) is 5.10 Å². The van der Waals surface area contributed by atoms with E-state index in [0.717, 1.165) is 60.9 Å². The van der Waals surface area contributed by atoms with Crippen molar-refractivity contribution >= 4 is 34.8 Å². The van der Waals surface area contributed by atoms with E-state index in [1.807, 2.05) is 53.4 Å². The first-order chi connectivity index (χ1) is 23.8. The number of amidine groups is 1. The lowest BCUT2D eigenvalue weighted by atomic mass is 9.76. The maximum absolute atomic E-state index is 14.6. The summed E-state index contributed by atoms with van der Waals surface area (Å²) in [4.78, 5) is 22.0. The van der Waals surface area contributed by atoms with Crippen molar-refractivity contribution in [2.75, 3.05) is 13.3 Å². The van der Waals surface area contributed by atoms with Crippen molar-refractivity contribution in [3.05, 3.63) is 106 Å². The molecule has 6 rings (SSSR count). The van der Waals surface area contributed by atoms with Crippen LogP contribution in [-0.2, 0) is 22.7 Å². The van der Waals surface area contributed by atoms with Gasteiger partial charge in [-0.25, -0.2) is 11.4 Å². The van der Waals surface area contributed by atoms with Crippen molar-refractivity contribution in [1.82, 2.24) is 15.8 Å². The number of amides is 1. The number of hydrazine groups is 1. The zero-order chi connectivity index (χ0) is 34.4. The molecule has 2 saturated carbocycles. The Morgan fingerprint density at radius 3 is 2.41 bits per heavy atom. The van der Waals surface area contributed by atoms with Gasteiger partial charge in [-0.1, -0.05) is 80.0 Å². The molecule has 2 aliphatic carbocycles. The summed E-state index contributed by atoms with van der Waals surface area (Å²) in [6, 6.07) is 23.8. The van der Waals surface area contributed by atoms with Crippen molar-refractivity contribution in [3.8, 4) is 5.75 Å². The van der Waals surface area contributed by atoms with Gasteiger partial charge in [0.15, 0.2) is 0 Å². The minimum atomic E-state index is -0.629. The van der Waals surface area contributed by atoms with Crippen LogP contribution < -0.4 is 27.2 Å². The molecule has 0 saturated heterocycles. The first-order valence-corrected chi connectivity index (χ1v) is 17.4. The predicted molar refractivity (Wildman–Crippen MR) is 194 cm³/mol. The average Bonchev–Trinajstić information content (AvgIpc) is 3.91. The number of aliphatic imine (C=N–C) groups is 1. The van der Waals surface area contributed by atoms with Crippen LogP contribution in [0.15, 0.2) is 88.5 Å². The molecular weight excluding hydrogens is 638 g/mol. The van der Waals surface area contributed by atoms with Gasteiger partial charge < -0.3 is 15.2 Å².